The molecular formula is C27H27FN4O3. The molecule has 0 aliphatic heterocycles. The third-order valence-corrected chi connectivity index (χ3v) is 5.89. The molecule has 0 spiro atoms. The van der Waals surface area contributed by atoms with E-state index >= 15 is 0 Å². The Bertz CT molecular complexity index is 1410. The average Bonchev–Trinajstić information content (AvgIpc) is 3.15. The van der Waals surface area contributed by atoms with E-state index in [9.17, 15) is 14.0 Å². The predicted molar refractivity (Wildman–Crippen MR) is 132 cm³/mol. The molecule has 35 heavy (non-hydrogen) atoms. The Labute approximate surface area is 203 Å². The summed E-state index contributed by atoms with van der Waals surface area (Å²) in [5, 5.41) is 7.51. The third-order valence-electron chi connectivity index (χ3n) is 5.89. The van der Waals surface area contributed by atoms with Crippen LogP contribution in [0.1, 0.15) is 46.3 Å². The van der Waals surface area contributed by atoms with Gasteiger partial charge in [0, 0.05) is 29.1 Å². The molecular weight excluding hydrogens is 447 g/mol. The lowest BCUT2D eigenvalue weighted by Gasteiger charge is -2.12. The summed E-state index contributed by atoms with van der Waals surface area (Å²) >= 11 is 0. The molecule has 0 saturated heterocycles. The van der Waals surface area contributed by atoms with Gasteiger partial charge in [-0.3, -0.25) is 4.79 Å². The lowest BCUT2D eigenvalue weighted by molar-refractivity contribution is -0.116. The van der Waals surface area contributed by atoms with Crippen molar-refractivity contribution in [2.45, 2.75) is 40.5 Å². The Morgan fingerprint density at radius 1 is 1.06 bits per heavy atom. The van der Waals surface area contributed by atoms with Crippen molar-refractivity contribution >= 4 is 23.2 Å². The van der Waals surface area contributed by atoms with Crippen molar-refractivity contribution in [3.8, 4) is 11.1 Å². The number of hydrogen-bond acceptors (Lipinski definition) is 5. The Kier molecular flexibility index (Phi) is 6.91. The third kappa shape index (κ3) is 5.06. The number of carbonyl (C=O) groups excluding carboxylic acids is 2. The van der Waals surface area contributed by atoms with Gasteiger partial charge in [-0.25, -0.2) is 18.7 Å². The summed E-state index contributed by atoms with van der Waals surface area (Å²) in [6.45, 7) is 7.81. The van der Waals surface area contributed by atoms with E-state index in [4.69, 9.17) is 9.72 Å². The van der Waals surface area contributed by atoms with Crippen LogP contribution in [0, 0.1) is 26.6 Å². The van der Waals surface area contributed by atoms with Crippen LogP contribution in [0.4, 0.5) is 10.1 Å². The minimum atomic E-state index is -0.427. The van der Waals surface area contributed by atoms with Gasteiger partial charge in [-0.1, -0.05) is 18.2 Å². The van der Waals surface area contributed by atoms with Gasteiger partial charge in [0.1, 0.15) is 5.82 Å². The van der Waals surface area contributed by atoms with Gasteiger partial charge in [0.15, 0.2) is 5.65 Å². The van der Waals surface area contributed by atoms with Crippen molar-refractivity contribution in [1.82, 2.24) is 14.6 Å². The highest BCUT2D eigenvalue weighted by Crippen LogP contribution is 2.29. The zero-order chi connectivity index (χ0) is 25.1. The van der Waals surface area contributed by atoms with Crippen LogP contribution >= 0.6 is 0 Å². The van der Waals surface area contributed by atoms with Crippen LogP contribution in [-0.4, -0.2) is 33.1 Å². The van der Waals surface area contributed by atoms with Crippen molar-refractivity contribution in [2.24, 2.45) is 0 Å². The number of nitrogens with zero attached hydrogens (tertiary/aromatic N) is 3. The molecule has 0 atom stereocenters. The van der Waals surface area contributed by atoms with Crippen molar-refractivity contribution in [1.29, 1.82) is 0 Å². The van der Waals surface area contributed by atoms with Gasteiger partial charge in [-0.15, -0.1) is 0 Å². The van der Waals surface area contributed by atoms with Gasteiger partial charge >= 0.3 is 5.97 Å². The summed E-state index contributed by atoms with van der Waals surface area (Å²) in [5.74, 6) is -0.895. The average molecular weight is 475 g/mol. The normalized spacial score (nSPS) is 11.0. The number of anilines is 1. The highest BCUT2D eigenvalue weighted by atomic mass is 19.1. The topological polar surface area (TPSA) is 85.6 Å². The fourth-order valence-corrected chi connectivity index (χ4v) is 4.18. The second-order valence-electron chi connectivity index (χ2n) is 8.31. The van der Waals surface area contributed by atoms with Crippen molar-refractivity contribution in [3.63, 3.8) is 0 Å². The SMILES string of the molecule is CCOC(=O)c1cccc(NC(=O)CCc2c(C)nc3c(-c4ccc(F)cc4)c(C)nn3c2C)c1. The number of fused-ring (bicyclic) bond motifs is 1. The molecule has 0 fully saturated rings. The first-order valence-corrected chi connectivity index (χ1v) is 11.5. The molecule has 0 saturated carbocycles. The molecule has 7 nitrogen and oxygen atoms in total. The van der Waals surface area contributed by atoms with Crippen LogP contribution in [0.5, 0.6) is 0 Å². The van der Waals surface area contributed by atoms with E-state index in [-0.39, 0.29) is 24.8 Å². The van der Waals surface area contributed by atoms with Gasteiger partial charge in [-0.2, -0.15) is 5.10 Å². The Hall–Kier alpha value is -4.07. The van der Waals surface area contributed by atoms with Gasteiger partial charge in [0.2, 0.25) is 5.91 Å². The number of amides is 1. The number of aromatic nitrogens is 3. The molecule has 4 aromatic rings. The first kappa shape index (κ1) is 24.1. The molecule has 2 aromatic heterocycles. The van der Waals surface area contributed by atoms with Crippen LogP contribution in [0.15, 0.2) is 48.5 Å². The second kappa shape index (κ2) is 10.0. The summed E-state index contributed by atoms with van der Waals surface area (Å²) in [6.07, 6.45) is 0.721. The number of aryl methyl sites for hydroxylation is 3. The van der Waals surface area contributed by atoms with E-state index in [1.807, 2.05) is 20.8 Å². The van der Waals surface area contributed by atoms with E-state index < -0.39 is 5.97 Å². The highest BCUT2D eigenvalue weighted by Gasteiger charge is 2.19. The van der Waals surface area contributed by atoms with E-state index in [1.165, 1.54) is 12.1 Å². The fraction of sp³-hybridized carbons (Fsp3) is 0.259. The van der Waals surface area contributed by atoms with Crippen molar-refractivity contribution < 1.29 is 18.7 Å². The van der Waals surface area contributed by atoms with Gasteiger partial charge in [-0.05, 0) is 75.6 Å². The van der Waals surface area contributed by atoms with E-state index in [2.05, 4.69) is 10.4 Å². The largest absolute Gasteiger partial charge is 0.462 e. The van der Waals surface area contributed by atoms with Gasteiger partial charge < -0.3 is 10.1 Å². The molecule has 0 radical (unpaired) electrons. The lowest BCUT2D eigenvalue weighted by atomic mass is 10.0. The van der Waals surface area contributed by atoms with Crippen molar-refractivity contribution in [2.75, 3.05) is 11.9 Å². The van der Waals surface area contributed by atoms with Gasteiger partial charge in [0.05, 0.1) is 17.9 Å². The van der Waals surface area contributed by atoms with E-state index in [1.54, 1.807) is 47.8 Å². The smallest absolute Gasteiger partial charge is 0.338 e. The number of esters is 1. The Balaban J connectivity index is 1.53. The summed E-state index contributed by atoms with van der Waals surface area (Å²) in [5.41, 5.74) is 6.80. The number of ether oxygens (including phenoxy) is 1. The lowest BCUT2D eigenvalue weighted by Crippen LogP contribution is -2.15. The Morgan fingerprint density at radius 2 is 1.80 bits per heavy atom. The van der Waals surface area contributed by atoms with Gasteiger partial charge in [0.25, 0.3) is 0 Å². The number of benzene rings is 2. The molecule has 4 rings (SSSR count). The van der Waals surface area contributed by atoms with Crippen LogP contribution in [0.25, 0.3) is 16.8 Å². The molecule has 0 aliphatic carbocycles. The molecule has 2 heterocycles. The maximum atomic E-state index is 13.4. The fourth-order valence-electron chi connectivity index (χ4n) is 4.18. The minimum absolute atomic E-state index is 0.173. The van der Waals surface area contributed by atoms with E-state index in [0.29, 0.717) is 23.3 Å². The second-order valence-corrected chi connectivity index (χ2v) is 8.31. The number of nitrogens with one attached hydrogen (secondary N) is 1. The number of halogens is 1. The molecule has 0 bridgehead atoms. The van der Waals surface area contributed by atoms with Crippen LogP contribution in [-0.2, 0) is 16.0 Å². The molecule has 2 aromatic carbocycles. The zero-order valence-corrected chi connectivity index (χ0v) is 20.2. The predicted octanol–water partition coefficient (Wildman–Crippen LogP) is 5.21. The summed E-state index contributed by atoms with van der Waals surface area (Å²) in [4.78, 5) is 29.4. The molecule has 0 unspecified atom stereocenters. The monoisotopic (exact) mass is 474 g/mol. The zero-order valence-electron chi connectivity index (χ0n) is 20.2. The molecule has 1 N–H and O–H groups in total. The standard InChI is InChI=1S/C27H27FN4O3/c1-5-35-27(34)20-7-6-8-22(15-20)30-24(33)14-13-23-16(2)29-26-25(17(3)31-32(26)18(23)4)19-9-11-21(28)12-10-19/h6-12,15H,5,13-14H2,1-4H3,(H,30,33). The van der Waals surface area contributed by atoms with Crippen molar-refractivity contribution in [3.05, 3.63) is 82.6 Å². The first-order chi connectivity index (χ1) is 16.8. The summed E-state index contributed by atoms with van der Waals surface area (Å²) < 4.78 is 20.2. The number of hydrogen-bond donors (Lipinski definition) is 1. The molecule has 180 valence electrons. The summed E-state index contributed by atoms with van der Waals surface area (Å²) in [6, 6.07) is 13.0. The van der Waals surface area contributed by atoms with E-state index in [0.717, 1.165) is 33.8 Å². The van der Waals surface area contributed by atoms with Crippen LogP contribution < -0.4 is 5.32 Å². The highest BCUT2D eigenvalue weighted by molar-refractivity contribution is 5.94. The maximum absolute atomic E-state index is 13.4. The molecule has 1 amide bonds. The van der Waals surface area contributed by atoms with Crippen LogP contribution in [0.3, 0.4) is 0 Å². The molecule has 0 aliphatic rings. The molecule has 8 heteroatoms. The minimum Gasteiger partial charge on any atom is -0.462 e. The quantitative estimate of drug-likeness (QED) is 0.372. The summed E-state index contributed by atoms with van der Waals surface area (Å²) in [7, 11) is 0. The maximum Gasteiger partial charge on any atom is 0.338 e. The first-order valence-electron chi connectivity index (χ1n) is 11.5. The number of rotatable bonds is 7. The van der Waals surface area contributed by atoms with Crippen LogP contribution in [0.2, 0.25) is 0 Å². The Morgan fingerprint density at radius 3 is 2.51 bits per heavy atom. The number of carbonyl (C=O) groups is 2.